The predicted molar refractivity (Wildman–Crippen MR) is 362 cm³/mol. The first-order valence-electron chi connectivity index (χ1n) is 33.5. The first kappa shape index (κ1) is 99.4. The van der Waals surface area contributed by atoms with Crippen LogP contribution in [0.15, 0.2) is 42.9 Å². The zero-order valence-electron chi connectivity index (χ0n) is 59.9. The number of aromatic carboxylic acids is 1. The number of aryl methyl sites for hydroxylation is 1. The molecule has 3 fully saturated rings. The molecule has 0 amide bonds. The minimum absolute atomic E-state index is 0. The van der Waals surface area contributed by atoms with Crippen LogP contribution in [0.25, 0.3) is 0 Å². The number of aliphatic hydroxyl groups is 1. The Morgan fingerprint density at radius 1 is 0.392 bits per heavy atom. The minimum atomic E-state index is -1.16. The number of aromatic nitrogens is 3. The Hall–Kier alpha value is -6.77. The molecule has 0 bridgehead atoms. The van der Waals surface area contributed by atoms with Gasteiger partial charge >= 0.3 is 111 Å². The smallest absolute Gasteiger partial charge is 0.496 e. The second kappa shape index (κ2) is 54.8. The largest absolute Gasteiger partial charge is 2.00 e. The van der Waals surface area contributed by atoms with Crippen LogP contribution in [0.3, 0.4) is 0 Å². The van der Waals surface area contributed by atoms with Gasteiger partial charge in [-0.1, -0.05) is 105 Å². The Kier molecular flexibility index (Phi) is 53.4. The first-order chi connectivity index (χ1) is 46.8. The number of rotatable bonds is 33. The maximum atomic E-state index is 11.6. The molecule has 11 N–H and O–H groups in total. The third-order valence-corrected chi connectivity index (χ3v) is 15.9. The molecule has 3 aromatic heterocycles. The van der Waals surface area contributed by atoms with Gasteiger partial charge in [0.1, 0.15) is 5.75 Å². The van der Waals surface area contributed by atoms with Crippen molar-refractivity contribution in [3.63, 3.8) is 0 Å². The van der Waals surface area contributed by atoms with Crippen molar-refractivity contribution in [1.82, 2.24) is 44.4 Å². The Morgan fingerprint density at radius 3 is 0.892 bits per heavy atom. The number of aliphatic carboxylic acids is 9. The van der Waals surface area contributed by atoms with Crippen molar-refractivity contribution in [3.05, 3.63) is 82.2 Å². The molecule has 6 rings (SSSR count). The number of carboxylic acid groups (broad SMARTS) is 10. The van der Waals surface area contributed by atoms with Crippen molar-refractivity contribution in [2.45, 2.75) is 214 Å². The van der Waals surface area contributed by atoms with Crippen molar-refractivity contribution < 1.29 is 160 Å². The van der Waals surface area contributed by atoms with Gasteiger partial charge in [-0.25, -0.2) is 4.79 Å². The van der Waals surface area contributed by atoms with E-state index in [1.807, 2.05) is 13.8 Å². The molecule has 31 nitrogen and oxygen atoms in total. The van der Waals surface area contributed by atoms with Crippen molar-refractivity contribution in [2.24, 2.45) is 0 Å². The molecule has 6 atom stereocenters. The van der Waals surface area contributed by atoms with E-state index in [0.717, 1.165) is 49.7 Å². The van der Waals surface area contributed by atoms with Crippen LogP contribution in [0.5, 0.6) is 5.75 Å². The molecule has 0 aliphatic heterocycles. The van der Waals surface area contributed by atoms with Gasteiger partial charge < -0.3 is 60.9 Å². The van der Waals surface area contributed by atoms with E-state index in [1.165, 1.54) is 58.5 Å². The number of nitrogens with zero attached hydrogens (tertiary/aromatic N) is 9. The maximum Gasteiger partial charge on any atom is 2.00 e. The molecule has 3 saturated carbocycles. The van der Waals surface area contributed by atoms with Gasteiger partial charge in [0, 0.05) is 85.6 Å². The standard InChI is InChI=1S/C21H31N3O7.C19H25N3O8.C19H27N3O7.3C3H8.3Mn/c1-13-8-22-15(14(2)21(13)31-3)9-23(10-18(25)26)16-6-4-5-7-17(16)24(11-19(27)28)12-20(29)30;23-16(24)9-21(8-13-6-5-12(7-20-13)19(29)30)14-3-1-2-4-15(14)22(10-17(25)26)11-18(27)28;23-12-13-5-6-14(20-7-13)8-21(9-17(24)25)15-3-1-2-4-16(15)22(10-18(26)27)11-19(28)29;3*1-3-2;;;/h8,16-17H,4-7,9-12H2,1-3H3,(H,25,26)(H,27,28)(H,29,30);5-7,14-15H,1-4,8-11H2,(H,23,24)(H,25,26)(H,27,28)(H,29,30);5-7,15-16,23H,1-4,8-12H2,(H,24,25)(H,26,27)(H,28,29);3*3H2,1-2H3;;;/q;;;;;;3*+2/t16-,17?;14-,15?;15-,16?;;;;;;/m000....../s1. The summed E-state index contributed by atoms with van der Waals surface area (Å²) < 4.78 is 5.46. The molecule has 0 spiro atoms. The number of ether oxygens (including phenoxy) is 1. The van der Waals surface area contributed by atoms with Crippen LogP contribution in [0.1, 0.15) is 182 Å². The summed E-state index contributed by atoms with van der Waals surface area (Å²) in [5, 5.41) is 102. The van der Waals surface area contributed by atoms with Crippen molar-refractivity contribution in [3.8, 4) is 5.75 Å². The third-order valence-electron chi connectivity index (χ3n) is 15.9. The average molecular weight is 1570 g/mol. The van der Waals surface area contributed by atoms with E-state index in [2.05, 4.69) is 56.5 Å². The Bertz CT molecular complexity index is 2950. The van der Waals surface area contributed by atoms with E-state index in [-0.39, 0.29) is 133 Å². The third kappa shape index (κ3) is 38.7. The van der Waals surface area contributed by atoms with E-state index in [0.29, 0.717) is 66.9 Å². The van der Waals surface area contributed by atoms with Gasteiger partial charge in [0.25, 0.3) is 0 Å². The summed E-state index contributed by atoms with van der Waals surface area (Å²) in [5.41, 5.74) is 4.10. The quantitative estimate of drug-likeness (QED) is 0.0298. The van der Waals surface area contributed by atoms with Crippen LogP contribution in [0.2, 0.25) is 0 Å². The molecule has 3 heterocycles. The number of carbonyl (C=O) groups is 10. The normalized spacial score (nSPS) is 17.4. The molecular formula is C68H107Mn3N9O22+6. The zero-order chi connectivity index (χ0) is 74.9. The summed E-state index contributed by atoms with van der Waals surface area (Å²) in [4.78, 5) is 136. The summed E-state index contributed by atoms with van der Waals surface area (Å²) in [6, 6.07) is 4.10. The number of aliphatic hydroxyl groups excluding tert-OH is 1. The summed E-state index contributed by atoms with van der Waals surface area (Å²) in [6.45, 7) is 13.5. The van der Waals surface area contributed by atoms with Gasteiger partial charge in [0.05, 0.1) is 95.3 Å². The number of pyridine rings is 3. The molecule has 0 aromatic carbocycles. The average Bonchev–Trinajstić information content (AvgIpc) is 0.821. The fourth-order valence-electron chi connectivity index (χ4n) is 12.3. The molecule has 3 aliphatic rings. The summed E-state index contributed by atoms with van der Waals surface area (Å²) in [5.74, 6) is -10.3. The minimum Gasteiger partial charge on any atom is -0.496 e. The van der Waals surface area contributed by atoms with Crippen LogP contribution in [-0.4, -0.2) is 262 Å². The topological polar surface area (TPSA) is 461 Å². The maximum absolute atomic E-state index is 11.6. The Balaban J connectivity index is -0.00000134. The van der Waals surface area contributed by atoms with E-state index in [4.69, 9.17) is 14.9 Å². The molecule has 102 heavy (non-hydrogen) atoms. The predicted octanol–water partition coefficient (Wildman–Crippen LogP) is 6.31. The van der Waals surface area contributed by atoms with Crippen molar-refractivity contribution in [1.29, 1.82) is 0 Å². The zero-order valence-corrected chi connectivity index (χ0v) is 63.4. The number of hydrogen-bond acceptors (Lipinski definition) is 21. The fraction of sp³-hybridized carbons (Fsp3) is 0.632. The van der Waals surface area contributed by atoms with E-state index < -0.39 is 105 Å². The Morgan fingerprint density at radius 2 is 0.657 bits per heavy atom. The molecule has 3 radical (unpaired) electrons. The van der Waals surface area contributed by atoms with E-state index in [1.54, 1.807) is 40.1 Å². The molecule has 3 unspecified atom stereocenters. The van der Waals surface area contributed by atoms with Gasteiger partial charge in [-0.15, -0.1) is 0 Å². The van der Waals surface area contributed by atoms with E-state index >= 15 is 0 Å². The second-order valence-electron chi connectivity index (χ2n) is 24.6. The molecule has 0 saturated heterocycles. The van der Waals surface area contributed by atoms with Crippen LogP contribution in [0.4, 0.5) is 0 Å². The molecule has 3 aliphatic carbocycles. The molecule has 3 aromatic rings. The molecular weight excluding hydrogens is 1460 g/mol. The van der Waals surface area contributed by atoms with Crippen LogP contribution >= 0.6 is 0 Å². The van der Waals surface area contributed by atoms with Crippen LogP contribution < -0.4 is 4.74 Å². The van der Waals surface area contributed by atoms with Crippen molar-refractivity contribution >= 4 is 59.7 Å². The second-order valence-corrected chi connectivity index (χ2v) is 24.6. The summed E-state index contributed by atoms with van der Waals surface area (Å²) in [6.07, 6.45) is 16.7. The summed E-state index contributed by atoms with van der Waals surface area (Å²) in [7, 11) is 1.57. The summed E-state index contributed by atoms with van der Waals surface area (Å²) >= 11 is 0. The number of hydrogen-bond donors (Lipinski definition) is 11. The van der Waals surface area contributed by atoms with Gasteiger partial charge in [-0.3, -0.25) is 87.5 Å². The number of methoxy groups -OCH3 is 1. The fourth-order valence-corrected chi connectivity index (χ4v) is 12.3. The van der Waals surface area contributed by atoms with Crippen molar-refractivity contribution in [2.75, 3.05) is 66.0 Å². The molecule has 571 valence electrons. The molecule has 34 heteroatoms. The van der Waals surface area contributed by atoms with Gasteiger partial charge in [0.15, 0.2) is 0 Å². The Labute approximate surface area is 628 Å². The number of carboxylic acids is 10. The van der Waals surface area contributed by atoms with Gasteiger partial charge in [-0.2, -0.15) is 0 Å². The first-order valence-corrected chi connectivity index (χ1v) is 33.5. The van der Waals surface area contributed by atoms with Crippen LogP contribution in [-0.2, 0) is 121 Å². The monoisotopic (exact) mass is 1570 g/mol. The van der Waals surface area contributed by atoms with E-state index in [9.17, 15) is 93.9 Å². The van der Waals surface area contributed by atoms with Gasteiger partial charge in [-0.05, 0) is 76.1 Å². The SMILES string of the molecule is CCC.CCC.CCC.COc1c(C)cnc(CN(CC(=O)O)[C@H]2CCCCC2N(CC(=O)O)CC(=O)O)c1C.O=C(O)CN(CC(=O)O)C1CCCC[C@@H]1N(CC(=O)O)Cc1ccc(C(=O)O)cn1.O=C(O)CN(CC(=O)O)C1CCCC[C@@H]1N(CC(=O)O)Cc1ccc(CO)cn1.[Mn+2].[Mn+2].[Mn+2]. The van der Waals surface area contributed by atoms with Gasteiger partial charge in [0.2, 0.25) is 0 Å². The van der Waals surface area contributed by atoms with Crippen LogP contribution in [0, 0.1) is 13.8 Å².